The highest BCUT2D eigenvalue weighted by Gasteiger charge is 2.31. The van der Waals surface area contributed by atoms with Crippen LogP contribution in [-0.4, -0.2) is 15.0 Å². The fourth-order valence-corrected chi connectivity index (χ4v) is 2.29. The number of halogens is 4. The van der Waals surface area contributed by atoms with Crippen LogP contribution in [0.1, 0.15) is 5.56 Å². The van der Waals surface area contributed by atoms with E-state index in [1.807, 2.05) is 0 Å². The van der Waals surface area contributed by atoms with Gasteiger partial charge in [-0.2, -0.15) is 13.2 Å². The topological polar surface area (TPSA) is 67.6 Å². The number of nitrogens with two attached hydrogens (primary N) is 1. The number of imidazole rings is 1. The average Bonchev–Trinajstić information content (AvgIpc) is 2.80. The number of benzene rings is 1. The number of rotatable bonds is 1. The molecule has 3 N–H and O–H groups in total. The Morgan fingerprint density at radius 3 is 2.62 bits per heavy atom. The number of aromatic nitrogens is 3. The van der Waals surface area contributed by atoms with E-state index in [-0.39, 0.29) is 17.1 Å². The summed E-state index contributed by atoms with van der Waals surface area (Å²) in [5.41, 5.74) is 6.06. The highest BCUT2D eigenvalue weighted by molar-refractivity contribution is 9.10. The van der Waals surface area contributed by atoms with Gasteiger partial charge in [-0.15, -0.1) is 0 Å². The maximum Gasteiger partial charge on any atom is 0.416 e. The highest BCUT2D eigenvalue weighted by atomic mass is 79.9. The second-order valence-electron chi connectivity index (χ2n) is 4.45. The molecule has 3 aromatic rings. The molecule has 0 fully saturated rings. The minimum absolute atomic E-state index is 0.0226. The fraction of sp³-hybridized carbons (Fsp3) is 0.0769. The summed E-state index contributed by atoms with van der Waals surface area (Å²) >= 11 is 3.27. The van der Waals surface area contributed by atoms with Gasteiger partial charge in [-0.1, -0.05) is 0 Å². The molecular weight excluding hydrogens is 349 g/mol. The number of H-pyrrole nitrogens is 1. The van der Waals surface area contributed by atoms with Gasteiger partial charge in [0.1, 0.15) is 5.82 Å². The minimum Gasteiger partial charge on any atom is -0.399 e. The normalized spacial score (nSPS) is 12.0. The number of alkyl halides is 3. The van der Waals surface area contributed by atoms with Crippen LogP contribution in [0.2, 0.25) is 0 Å². The van der Waals surface area contributed by atoms with Crippen molar-refractivity contribution in [2.45, 2.75) is 6.18 Å². The van der Waals surface area contributed by atoms with Crippen LogP contribution in [0.15, 0.2) is 34.9 Å². The molecule has 2 aromatic heterocycles. The second kappa shape index (κ2) is 4.73. The average molecular weight is 357 g/mol. The molecule has 3 rings (SSSR count). The third-order valence-electron chi connectivity index (χ3n) is 2.86. The van der Waals surface area contributed by atoms with Crippen LogP contribution in [0.5, 0.6) is 0 Å². The summed E-state index contributed by atoms with van der Waals surface area (Å²) in [6, 6.07) is 5.07. The first-order valence-corrected chi connectivity index (χ1v) is 6.61. The molecule has 2 heterocycles. The zero-order chi connectivity index (χ0) is 15.2. The Bertz CT molecular complexity index is 826. The smallest absolute Gasteiger partial charge is 0.399 e. The summed E-state index contributed by atoms with van der Waals surface area (Å²) in [5, 5.41) is 0. The van der Waals surface area contributed by atoms with Crippen molar-refractivity contribution in [2.75, 3.05) is 5.73 Å². The lowest BCUT2D eigenvalue weighted by Crippen LogP contribution is -2.06. The molecule has 0 aliphatic carbocycles. The van der Waals surface area contributed by atoms with Gasteiger partial charge in [0.05, 0.1) is 11.1 Å². The molecule has 108 valence electrons. The van der Waals surface area contributed by atoms with Gasteiger partial charge in [0.15, 0.2) is 5.65 Å². The van der Waals surface area contributed by atoms with Gasteiger partial charge in [-0.25, -0.2) is 9.97 Å². The Morgan fingerprint density at radius 2 is 1.90 bits per heavy atom. The van der Waals surface area contributed by atoms with E-state index < -0.39 is 11.7 Å². The zero-order valence-electron chi connectivity index (χ0n) is 10.4. The monoisotopic (exact) mass is 356 g/mol. The van der Waals surface area contributed by atoms with Crippen LogP contribution in [0, 0.1) is 0 Å². The first-order chi connectivity index (χ1) is 9.83. The molecular formula is C13H8BrF3N4. The molecule has 0 spiro atoms. The summed E-state index contributed by atoms with van der Waals surface area (Å²) in [6.45, 7) is 0. The number of nitrogens with zero attached hydrogens (tertiary/aromatic N) is 2. The van der Waals surface area contributed by atoms with E-state index in [9.17, 15) is 13.2 Å². The molecule has 8 heteroatoms. The van der Waals surface area contributed by atoms with Crippen molar-refractivity contribution in [2.24, 2.45) is 0 Å². The lowest BCUT2D eigenvalue weighted by molar-refractivity contribution is -0.137. The molecule has 0 amide bonds. The Hall–Kier alpha value is -2.09. The second-order valence-corrected chi connectivity index (χ2v) is 5.37. The van der Waals surface area contributed by atoms with Crippen molar-refractivity contribution in [3.05, 3.63) is 40.5 Å². The summed E-state index contributed by atoms with van der Waals surface area (Å²) in [5.74, 6) is 0.286. The van der Waals surface area contributed by atoms with E-state index >= 15 is 0 Å². The SMILES string of the molecule is Nc1cc(-c2nc3ncc(Br)cc3[nH]2)cc(C(F)(F)F)c1. The van der Waals surface area contributed by atoms with Crippen molar-refractivity contribution in [1.82, 2.24) is 15.0 Å². The highest BCUT2D eigenvalue weighted by Crippen LogP contribution is 2.33. The predicted molar refractivity (Wildman–Crippen MR) is 76.4 cm³/mol. The van der Waals surface area contributed by atoms with Crippen molar-refractivity contribution < 1.29 is 13.2 Å². The molecule has 4 nitrogen and oxygen atoms in total. The molecule has 1 aromatic carbocycles. The van der Waals surface area contributed by atoms with Crippen LogP contribution in [0.3, 0.4) is 0 Å². The Morgan fingerprint density at radius 1 is 1.14 bits per heavy atom. The number of nitrogens with one attached hydrogen (secondary N) is 1. The van der Waals surface area contributed by atoms with Crippen LogP contribution < -0.4 is 5.73 Å². The molecule has 0 bridgehead atoms. The Kier molecular flexibility index (Phi) is 3.12. The number of hydrogen-bond acceptors (Lipinski definition) is 3. The maximum atomic E-state index is 12.8. The van der Waals surface area contributed by atoms with Crippen LogP contribution in [0.25, 0.3) is 22.6 Å². The van der Waals surface area contributed by atoms with Gasteiger partial charge < -0.3 is 10.7 Å². The quantitative estimate of drug-likeness (QED) is 0.647. The molecule has 21 heavy (non-hydrogen) atoms. The van der Waals surface area contributed by atoms with Gasteiger partial charge >= 0.3 is 6.18 Å². The number of nitrogen functional groups attached to an aromatic ring is 1. The lowest BCUT2D eigenvalue weighted by atomic mass is 10.1. The van der Waals surface area contributed by atoms with Gasteiger partial charge in [-0.3, -0.25) is 0 Å². The van der Waals surface area contributed by atoms with Crippen LogP contribution in [-0.2, 0) is 6.18 Å². The van der Waals surface area contributed by atoms with E-state index in [0.717, 1.165) is 16.6 Å². The van der Waals surface area contributed by atoms with E-state index in [4.69, 9.17) is 5.73 Å². The molecule has 0 saturated heterocycles. The largest absolute Gasteiger partial charge is 0.416 e. The summed E-state index contributed by atoms with van der Waals surface area (Å²) < 4.78 is 39.2. The Labute approximate surface area is 125 Å². The van der Waals surface area contributed by atoms with Gasteiger partial charge in [-0.05, 0) is 40.2 Å². The third kappa shape index (κ3) is 2.71. The standard InChI is InChI=1S/C13H8BrF3N4/c14-8-4-10-12(19-5-8)21-11(20-10)6-1-7(13(15,16)17)3-9(18)2-6/h1-5H,18H2,(H,19,20,21). The van der Waals surface area contributed by atoms with E-state index in [1.54, 1.807) is 12.3 Å². The van der Waals surface area contributed by atoms with Gasteiger partial charge in [0.2, 0.25) is 0 Å². The predicted octanol–water partition coefficient (Wildman–Crippen LogP) is 3.99. The first kappa shape index (κ1) is 13.9. The van der Waals surface area contributed by atoms with Crippen LogP contribution >= 0.6 is 15.9 Å². The summed E-state index contributed by atoms with van der Waals surface area (Å²) in [6.07, 6.45) is -2.90. The number of anilines is 1. The lowest BCUT2D eigenvalue weighted by Gasteiger charge is -2.09. The fourth-order valence-electron chi connectivity index (χ4n) is 1.96. The molecule has 0 aliphatic rings. The number of hydrogen-bond donors (Lipinski definition) is 2. The number of aromatic amines is 1. The number of fused-ring (bicyclic) bond motifs is 1. The molecule has 0 unspecified atom stereocenters. The zero-order valence-corrected chi connectivity index (χ0v) is 12.0. The molecule has 0 radical (unpaired) electrons. The summed E-state index contributed by atoms with van der Waals surface area (Å²) in [4.78, 5) is 11.2. The summed E-state index contributed by atoms with van der Waals surface area (Å²) in [7, 11) is 0. The van der Waals surface area contributed by atoms with E-state index in [0.29, 0.717) is 11.2 Å². The Balaban J connectivity index is 2.16. The third-order valence-corrected chi connectivity index (χ3v) is 3.29. The molecule has 0 aliphatic heterocycles. The van der Waals surface area contributed by atoms with E-state index in [1.165, 1.54) is 6.07 Å². The van der Waals surface area contributed by atoms with E-state index in [2.05, 4.69) is 30.9 Å². The van der Waals surface area contributed by atoms with Gasteiger partial charge in [0.25, 0.3) is 0 Å². The first-order valence-electron chi connectivity index (χ1n) is 5.82. The van der Waals surface area contributed by atoms with Gasteiger partial charge in [0, 0.05) is 21.9 Å². The van der Waals surface area contributed by atoms with Crippen molar-refractivity contribution in [3.8, 4) is 11.4 Å². The minimum atomic E-state index is -4.46. The van der Waals surface area contributed by atoms with Crippen molar-refractivity contribution in [1.29, 1.82) is 0 Å². The maximum absolute atomic E-state index is 12.8. The van der Waals surface area contributed by atoms with Crippen molar-refractivity contribution >= 4 is 32.8 Å². The van der Waals surface area contributed by atoms with Crippen molar-refractivity contribution in [3.63, 3.8) is 0 Å². The van der Waals surface area contributed by atoms with Crippen LogP contribution in [0.4, 0.5) is 18.9 Å². The number of pyridine rings is 1. The molecule has 0 saturated carbocycles. The molecule has 0 atom stereocenters.